The van der Waals surface area contributed by atoms with Gasteiger partial charge in [0.25, 0.3) is 0 Å². The predicted molar refractivity (Wildman–Crippen MR) is 86.9 cm³/mol. The maximum atomic E-state index is 10.4. The van der Waals surface area contributed by atoms with Gasteiger partial charge in [0, 0.05) is 45.6 Å². The van der Waals surface area contributed by atoms with Crippen molar-refractivity contribution in [3.05, 3.63) is 0 Å². The van der Waals surface area contributed by atoms with Gasteiger partial charge in [-0.2, -0.15) is 11.8 Å². The number of aliphatic imine (C=N–C) groups is 1. The van der Waals surface area contributed by atoms with Crippen LogP contribution in [-0.2, 0) is 4.74 Å². The van der Waals surface area contributed by atoms with Crippen LogP contribution >= 0.6 is 11.8 Å². The molecule has 2 N–H and O–H groups in total. The first kappa shape index (κ1) is 15.4. The SMILES string of the molecule is CN=C(NCC1(O)CCSC1)N1CCC2(CCOCC2)C1. The molecule has 3 aliphatic rings. The molecule has 3 heterocycles. The molecule has 0 radical (unpaired) electrons. The van der Waals surface area contributed by atoms with Gasteiger partial charge in [-0.3, -0.25) is 4.99 Å². The van der Waals surface area contributed by atoms with Gasteiger partial charge in [-0.25, -0.2) is 0 Å². The monoisotopic (exact) mass is 313 g/mol. The van der Waals surface area contributed by atoms with Gasteiger partial charge < -0.3 is 20.1 Å². The average Bonchev–Trinajstić information content (AvgIpc) is 3.09. The predicted octanol–water partition coefficient (Wildman–Crippen LogP) is 0.932. The zero-order valence-electron chi connectivity index (χ0n) is 12.9. The Hall–Kier alpha value is -0.460. The molecule has 3 fully saturated rings. The fraction of sp³-hybridized carbons (Fsp3) is 0.933. The lowest BCUT2D eigenvalue weighted by molar-refractivity contribution is 0.0217. The first-order valence-electron chi connectivity index (χ1n) is 7.98. The Morgan fingerprint density at radius 2 is 2.14 bits per heavy atom. The second kappa shape index (κ2) is 6.34. The molecular formula is C15H27N3O2S. The summed E-state index contributed by atoms with van der Waals surface area (Å²) >= 11 is 1.83. The zero-order valence-corrected chi connectivity index (χ0v) is 13.8. The molecule has 120 valence electrons. The summed E-state index contributed by atoms with van der Waals surface area (Å²) in [4.78, 5) is 6.78. The molecule has 6 heteroatoms. The van der Waals surface area contributed by atoms with E-state index in [1.807, 2.05) is 18.8 Å². The van der Waals surface area contributed by atoms with Crippen LogP contribution in [0.25, 0.3) is 0 Å². The van der Waals surface area contributed by atoms with Gasteiger partial charge in [-0.1, -0.05) is 0 Å². The summed E-state index contributed by atoms with van der Waals surface area (Å²) < 4.78 is 5.51. The minimum Gasteiger partial charge on any atom is -0.387 e. The van der Waals surface area contributed by atoms with Gasteiger partial charge >= 0.3 is 0 Å². The molecular weight excluding hydrogens is 286 g/mol. The summed E-state index contributed by atoms with van der Waals surface area (Å²) in [6.45, 7) is 4.54. The fourth-order valence-corrected chi connectivity index (χ4v) is 4.94. The Morgan fingerprint density at radius 1 is 1.33 bits per heavy atom. The molecule has 3 saturated heterocycles. The molecule has 1 unspecified atom stereocenters. The third-order valence-electron chi connectivity index (χ3n) is 5.16. The van der Waals surface area contributed by atoms with Crippen molar-refractivity contribution in [3.8, 4) is 0 Å². The molecule has 0 aliphatic carbocycles. The van der Waals surface area contributed by atoms with Crippen LogP contribution in [0.2, 0.25) is 0 Å². The van der Waals surface area contributed by atoms with E-state index in [2.05, 4.69) is 15.2 Å². The molecule has 0 aromatic carbocycles. The number of ether oxygens (including phenoxy) is 1. The summed E-state index contributed by atoms with van der Waals surface area (Å²) in [7, 11) is 1.84. The maximum absolute atomic E-state index is 10.4. The number of guanidine groups is 1. The summed E-state index contributed by atoms with van der Waals surface area (Å²) in [6, 6.07) is 0. The van der Waals surface area contributed by atoms with Crippen LogP contribution in [-0.4, -0.2) is 73.0 Å². The topological polar surface area (TPSA) is 57.1 Å². The summed E-state index contributed by atoms with van der Waals surface area (Å²) in [5, 5.41) is 13.8. The van der Waals surface area contributed by atoms with Crippen LogP contribution in [0.4, 0.5) is 0 Å². The van der Waals surface area contributed by atoms with Crippen molar-refractivity contribution >= 4 is 17.7 Å². The van der Waals surface area contributed by atoms with E-state index in [0.29, 0.717) is 12.0 Å². The number of rotatable bonds is 2. The average molecular weight is 313 g/mol. The molecule has 0 saturated carbocycles. The maximum Gasteiger partial charge on any atom is 0.193 e. The summed E-state index contributed by atoms with van der Waals surface area (Å²) in [6.07, 6.45) is 4.45. The Labute approximate surface area is 131 Å². The smallest absolute Gasteiger partial charge is 0.193 e. The van der Waals surface area contributed by atoms with E-state index in [-0.39, 0.29) is 0 Å². The molecule has 3 rings (SSSR count). The summed E-state index contributed by atoms with van der Waals surface area (Å²) in [5.74, 6) is 2.84. The van der Waals surface area contributed by atoms with Crippen LogP contribution in [0, 0.1) is 5.41 Å². The molecule has 5 nitrogen and oxygen atoms in total. The lowest BCUT2D eigenvalue weighted by Crippen LogP contribution is -2.48. The number of likely N-dealkylation sites (tertiary alicyclic amines) is 1. The highest BCUT2D eigenvalue weighted by Crippen LogP contribution is 2.39. The molecule has 0 aromatic rings. The minimum atomic E-state index is -0.559. The van der Waals surface area contributed by atoms with E-state index in [4.69, 9.17) is 4.74 Å². The molecule has 3 aliphatic heterocycles. The van der Waals surface area contributed by atoms with Crippen molar-refractivity contribution in [2.45, 2.75) is 31.3 Å². The standard InChI is InChI=1S/C15H27N3O2S/c1-16-13(17-10-15(19)5-9-21-12-15)18-6-2-14(11-18)3-7-20-8-4-14/h19H,2-12H2,1H3,(H,16,17). The molecule has 1 spiro atoms. The third kappa shape index (κ3) is 3.48. The molecule has 1 atom stereocenters. The lowest BCUT2D eigenvalue weighted by Gasteiger charge is -2.34. The molecule has 0 amide bonds. The van der Waals surface area contributed by atoms with Crippen LogP contribution in [0.3, 0.4) is 0 Å². The highest BCUT2D eigenvalue weighted by atomic mass is 32.2. The number of aliphatic hydroxyl groups is 1. The van der Waals surface area contributed by atoms with Gasteiger partial charge in [0.2, 0.25) is 0 Å². The van der Waals surface area contributed by atoms with Crippen molar-refractivity contribution in [3.63, 3.8) is 0 Å². The van der Waals surface area contributed by atoms with E-state index in [1.165, 1.54) is 19.3 Å². The van der Waals surface area contributed by atoms with E-state index >= 15 is 0 Å². The van der Waals surface area contributed by atoms with Crippen molar-refractivity contribution in [2.75, 3.05) is 51.4 Å². The molecule has 0 bridgehead atoms. The van der Waals surface area contributed by atoms with Gasteiger partial charge in [0.15, 0.2) is 5.96 Å². The number of hydrogen-bond donors (Lipinski definition) is 2. The van der Waals surface area contributed by atoms with Crippen LogP contribution < -0.4 is 5.32 Å². The number of nitrogens with zero attached hydrogens (tertiary/aromatic N) is 2. The fourth-order valence-electron chi connectivity index (χ4n) is 3.64. The third-order valence-corrected chi connectivity index (χ3v) is 6.40. The zero-order chi connectivity index (χ0) is 14.8. The van der Waals surface area contributed by atoms with Gasteiger partial charge in [0.1, 0.15) is 0 Å². The van der Waals surface area contributed by atoms with Crippen LogP contribution in [0.1, 0.15) is 25.7 Å². The molecule has 0 aromatic heterocycles. The van der Waals surface area contributed by atoms with Crippen molar-refractivity contribution in [2.24, 2.45) is 10.4 Å². The first-order valence-corrected chi connectivity index (χ1v) is 9.14. The Morgan fingerprint density at radius 3 is 2.81 bits per heavy atom. The van der Waals surface area contributed by atoms with Gasteiger partial charge in [0.05, 0.1) is 5.60 Å². The van der Waals surface area contributed by atoms with Crippen molar-refractivity contribution in [1.29, 1.82) is 0 Å². The number of hydrogen-bond acceptors (Lipinski definition) is 4. The van der Waals surface area contributed by atoms with Gasteiger partial charge in [-0.05, 0) is 36.9 Å². The number of nitrogens with one attached hydrogen (secondary N) is 1. The Kier molecular flexibility index (Phi) is 4.66. The first-order chi connectivity index (χ1) is 10.1. The van der Waals surface area contributed by atoms with Crippen LogP contribution in [0.15, 0.2) is 4.99 Å². The normalized spacial score (nSPS) is 32.9. The highest BCUT2D eigenvalue weighted by molar-refractivity contribution is 7.99. The van der Waals surface area contributed by atoms with E-state index in [0.717, 1.165) is 50.2 Å². The quantitative estimate of drug-likeness (QED) is 0.587. The Balaban J connectivity index is 1.55. The van der Waals surface area contributed by atoms with Crippen molar-refractivity contribution in [1.82, 2.24) is 10.2 Å². The summed E-state index contributed by atoms with van der Waals surface area (Å²) in [5.41, 5.74) is -0.132. The van der Waals surface area contributed by atoms with E-state index < -0.39 is 5.60 Å². The second-order valence-electron chi connectivity index (χ2n) is 6.71. The lowest BCUT2D eigenvalue weighted by atomic mass is 9.80. The van der Waals surface area contributed by atoms with Gasteiger partial charge in [-0.15, -0.1) is 0 Å². The van der Waals surface area contributed by atoms with Crippen molar-refractivity contribution < 1.29 is 9.84 Å². The highest BCUT2D eigenvalue weighted by Gasteiger charge is 2.40. The van der Waals surface area contributed by atoms with E-state index in [1.54, 1.807) is 0 Å². The number of thioether (sulfide) groups is 1. The molecule has 21 heavy (non-hydrogen) atoms. The van der Waals surface area contributed by atoms with E-state index in [9.17, 15) is 5.11 Å². The van der Waals surface area contributed by atoms with Crippen LogP contribution in [0.5, 0.6) is 0 Å². The Bertz CT molecular complexity index is 390. The second-order valence-corrected chi connectivity index (χ2v) is 7.82. The minimum absolute atomic E-state index is 0.427. The largest absolute Gasteiger partial charge is 0.387 e.